The first-order valence-electron chi connectivity index (χ1n) is 7.86. The van der Waals surface area contributed by atoms with Crippen molar-refractivity contribution >= 4 is 17.8 Å². The summed E-state index contributed by atoms with van der Waals surface area (Å²) in [6.45, 7) is -0.522. The van der Waals surface area contributed by atoms with Gasteiger partial charge in [0, 0.05) is 19.2 Å². The fourth-order valence-corrected chi connectivity index (χ4v) is 2.05. The second-order valence-corrected chi connectivity index (χ2v) is 5.77. The Labute approximate surface area is 146 Å². The van der Waals surface area contributed by atoms with Crippen LogP contribution in [0.15, 0.2) is 18.2 Å². The highest BCUT2D eigenvalue weighted by Crippen LogP contribution is 2.23. The van der Waals surface area contributed by atoms with Gasteiger partial charge in [0.05, 0.1) is 26.3 Å². The molecule has 0 radical (unpaired) electrons. The zero-order valence-electron chi connectivity index (χ0n) is 14.5. The molecule has 0 aromatic heterocycles. The highest BCUT2D eigenvalue weighted by atomic mass is 16.5. The first-order valence-corrected chi connectivity index (χ1v) is 7.86. The SMILES string of the molecule is COc1cc(OC)cc(C(=O)OCC(=O)N(C)CC(=O)NC2CC2)c1. The van der Waals surface area contributed by atoms with Gasteiger partial charge in [0.2, 0.25) is 5.91 Å². The molecule has 2 rings (SSSR count). The normalized spacial score (nSPS) is 12.9. The molecule has 0 atom stereocenters. The number of carbonyl (C=O) groups excluding carboxylic acids is 3. The van der Waals surface area contributed by atoms with Crippen LogP contribution in [-0.2, 0) is 14.3 Å². The zero-order chi connectivity index (χ0) is 18.4. The van der Waals surface area contributed by atoms with E-state index >= 15 is 0 Å². The molecule has 0 heterocycles. The van der Waals surface area contributed by atoms with E-state index in [0.29, 0.717) is 11.5 Å². The van der Waals surface area contributed by atoms with Crippen LogP contribution in [0.25, 0.3) is 0 Å². The lowest BCUT2D eigenvalue weighted by Gasteiger charge is -2.16. The number of methoxy groups -OCH3 is 2. The average molecular weight is 350 g/mol. The number of esters is 1. The summed E-state index contributed by atoms with van der Waals surface area (Å²) in [5, 5.41) is 2.79. The maximum atomic E-state index is 12.1. The molecule has 136 valence electrons. The van der Waals surface area contributed by atoms with Crippen molar-refractivity contribution in [3.8, 4) is 11.5 Å². The topological polar surface area (TPSA) is 94.2 Å². The van der Waals surface area contributed by atoms with E-state index in [1.54, 1.807) is 6.07 Å². The summed E-state index contributed by atoms with van der Waals surface area (Å²) in [5.41, 5.74) is 0.207. The third kappa shape index (κ3) is 5.66. The van der Waals surface area contributed by atoms with Gasteiger partial charge in [0.15, 0.2) is 6.61 Å². The lowest BCUT2D eigenvalue weighted by molar-refractivity contribution is -0.137. The highest BCUT2D eigenvalue weighted by molar-refractivity contribution is 5.92. The second-order valence-electron chi connectivity index (χ2n) is 5.77. The van der Waals surface area contributed by atoms with Crippen LogP contribution in [0.4, 0.5) is 0 Å². The van der Waals surface area contributed by atoms with Crippen molar-refractivity contribution in [2.75, 3.05) is 34.4 Å². The summed E-state index contributed by atoms with van der Waals surface area (Å²) >= 11 is 0. The molecule has 0 aliphatic heterocycles. The number of rotatable bonds is 8. The number of hydrogen-bond acceptors (Lipinski definition) is 6. The van der Waals surface area contributed by atoms with Crippen LogP contribution in [0.5, 0.6) is 11.5 Å². The Morgan fingerprint density at radius 2 is 1.72 bits per heavy atom. The molecule has 2 amide bonds. The molecule has 1 aromatic rings. The molecule has 8 nitrogen and oxygen atoms in total. The van der Waals surface area contributed by atoms with Crippen LogP contribution in [0.3, 0.4) is 0 Å². The average Bonchev–Trinajstić information content (AvgIpc) is 3.42. The third-order valence-corrected chi connectivity index (χ3v) is 3.66. The van der Waals surface area contributed by atoms with Gasteiger partial charge in [-0.05, 0) is 25.0 Å². The second kappa shape index (κ2) is 8.36. The van der Waals surface area contributed by atoms with Crippen molar-refractivity contribution in [2.24, 2.45) is 0 Å². The Balaban J connectivity index is 1.85. The molecule has 1 aromatic carbocycles. The summed E-state index contributed by atoms with van der Waals surface area (Å²) < 4.78 is 15.2. The number of likely N-dealkylation sites (N-methyl/N-ethyl adjacent to an activating group) is 1. The molecule has 1 aliphatic rings. The molecule has 0 saturated heterocycles. The van der Waals surface area contributed by atoms with Gasteiger partial charge in [0.25, 0.3) is 5.91 Å². The number of carbonyl (C=O) groups is 3. The Morgan fingerprint density at radius 3 is 2.24 bits per heavy atom. The summed E-state index contributed by atoms with van der Waals surface area (Å²) in [5.74, 6) is -0.490. The van der Waals surface area contributed by atoms with Crippen molar-refractivity contribution < 1.29 is 28.6 Å². The molecule has 8 heteroatoms. The maximum absolute atomic E-state index is 12.1. The minimum absolute atomic E-state index is 0.0696. The summed E-state index contributed by atoms with van der Waals surface area (Å²) in [6, 6.07) is 4.83. The summed E-state index contributed by atoms with van der Waals surface area (Å²) in [7, 11) is 4.42. The Hall–Kier alpha value is -2.77. The minimum atomic E-state index is -0.679. The van der Waals surface area contributed by atoms with E-state index in [1.165, 1.54) is 38.3 Å². The van der Waals surface area contributed by atoms with Crippen LogP contribution in [0.1, 0.15) is 23.2 Å². The van der Waals surface area contributed by atoms with Gasteiger partial charge < -0.3 is 24.4 Å². The molecular weight excluding hydrogens is 328 g/mol. The molecule has 1 N–H and O–H groups in total. The molecule has 0 bridgehead atoms. The lowest BCUT2D eigenvalue weighted by Crippen LogP contribution is -2.40. The number of hydrogen-bond donors (Lipinski definition) is 1. The Morgan fingerprint density at radius 1 is 1.12 bits per heavy atom. The molecule has 25 heavy (non-hydrogen) atoms. The van der Waals surface area contributed by atoms with Crippen molar-refractivity contribution in [2.45, 2.75) is 18.9 Å². The van der Waals surface area contributed by atoms with Crippen molar-refractivity contribution in [1.29, 1.82) is 0 Å². The summed E-state index contributed by atoms with van der Waals surface area (Å²) in [6.07, 6.45) is 1.95. The first kappa shape index (κ1) is 18.6. The van der Waals surface area contributed by atoms with Gasteiger partial charge in [-0.25, -0.2) is 4.79 Å². The standard InChI is InChI=1S/C17H22N2O6/c1-19(9-15(20)18-12-4-5-12)16(21)10-25-17(22)11-6-13(23-2)8-14(7-11)24-3/h6-8,12H,4-5,9-10H2,1-3H3,(H,18,20). The monoisotopic (exact) mass is 350 g/mol. The van der Waals surface area contributed by atoms with Crippen LogP contribution >= 0.6 is 0 Å². The number of nitrogens with one attached hydrogen (secondary N) is 1. The van der Waals surface area contributed by atoms with E-state index in [4.69, 9.17) is 14.2 Å². The van der Waals surface area contributed by atoms with Gasteiger partial charge in [-0.2, -0.15) is 0 Å². The zero-order valence-corrected chi connectivity index (χ0v) is 14.5. The predicted molar refractivity (Wildman–Crippen MR) is 88.6 cm³/mol. The largest absolute Gasteiger partial charge is 0.497 e. The smallest absolute Gasteiger partial charge is 0.338 e. The van der Waals surface area contributed by atoms with E-state index in [1.807, 2.05) is 0 Å². The molecule has 1 fully saturated rings. The highest BCUT2D eigenvalue weighted by Gasteiger charge is 2.24. The van der Waals surface area contributed by atoms with E-state index in [-0.39, 0.29) is 24.1 Å². The van der Waals surface area contributed by atoms with Gasteiger partial charge in [-0.15, -0.1) is 0 Å². The Kier molecular flexibility index (Phi) is 6.21. The fraction of sp³-hybridized carbons (Fsp3) is 0.471. The quantitative estimate of drug-likeness (QED) is 0.690. The molecule has 1 aliphatic carbocycles. The number of amides is 2. The van der Waals surface area contributed by atoms with Gasteiger partial charge in [0.1, 0.15) is 11.5 Å². The van der Waals surface area contributed by atoms with Gasteiger partial charge in [-0.3, -0.25) is 9.59 Å². The van der Waals surface area contributed by atoms with Crippen LogP contribution < -0.4 is 14.8 Å². The van der Waals surface area contributed by atoms with Crippen LogP contribution in [0.2, 0.25) is 0 Å². The number of ether oxygens (including phenoxy) is 3. The minimum Gasteiger partial charge on any atom is -0.497 e. The van der Waals surface area contributed by atoms with Gasteiger partial charge in [-0.1, -0.05) is 0 Å². The van der Waals surface area contributed by atoms with Crippen molar-refractivity contribution in [3.05, 3.63) is 23.8 Å². The van der Waals surface area contributed by atoms with E-state index in [2.05, 4.69) is 5.32 Å². The predicted octanol–water partition coefficient (Wildman–Crippen LogP) is 0.598. The van der Waals surface area contributed by atoms with E-state index in [0.717, 1.165) is 12.8 Å². The summed E-state index contributed by atoms with van der Waals surface area (Å²) in [4.78, 5) is 37.0. The van der Waals surface area contributed by atoms with Crippen molar-refractivity contribution in [3.63, 3.8) is 0 Å². The fourth-order valence-electron chi connectivity index (χ4n) is 2.05. The van der Waals surface area contributed by atoms with Gasteiger partial charge >= 0.3 is 5.97 Å². The van der Waals surface area contributed by atoms with Crippen molar-refractivity contribution in [1.82, 2.24) is 10.2 Å². The maximum Gasteiger partial charge on any atom is 0.338 e. The van der Waals surface area contributed by atoms with Crippen LogP contribution in [0, 0.1) is 0 Å². The Bertz CT molecular complexity index is 634. The third-order valence-electron chi connectivity index (χ3n) is 3.66. The van der Waals surface area contributed by atoms with Crippen LogP contribution in [-0.4, -0.2) is 63.1 Å². The van der Waals surface area contributed by atoms with E-state index < -0.39 is 18.5 Å². The van der Waals surface area contributed by atoms with E-state index in [9.17, 15) is 14.4 Å². The number of benzene rings is 1. The molecule has 0 spiro atoms. The first-order chi connectivity index (χ1) is 11.9. The lowest BCUT2D eigenvalue weighted by atomic mass is 10.2. The molecule has 1 saturated carbocycles. The molecule has 0 unspecified atom stereocenters. The number of nitrogens with zero attached hydrogens (tertiary/aromatic N) is 1. The molecular formula is C17H22N2O6.